The second-order valence-electron chi connectivity index (χ2n) is 7.24. The van der Waals surface area contributed by atoms with E-state index in [0.29, 0.717) is 12.0 Å². The lowest BCUT2D eigenvalue weighted by molar-refractivity contribution is 0.0698. The molecule has 2 aliphatic rings. The molecule has 1 N–H and O–H groups in total. The number of para-hydroxylation sites is 1. The minimum atomic E-state index is -0.875. The third-order valence-electron chi connectivity index (χ3n) is 5.57. The average molecular weight is 414 g/mol. The maximum absolute atomic E-state index is 12.1. The number of pyridine rings is 1. The van der Waals surface area contributed by atoms with Crippen molar-refractivity contribution in [1.82, 2.24) is 4.98 Å². The summed E-state index contributed by atoms with van der Waals surface area (Å²) < 4.78 is 0. The number of hydrogen-bond donors (Lipinski definition) is 1. The second kappa shape index (κ2) is 6.37. The van der Waals surface area contributed by atoms with Gasteiger partial charge in [0, 0.05) is 30.5 Å². The van der Waals surface area contributed by atoms with Gasteiger partial charge in [-0.15, -0.1) is 0 Å². The first-order chi connectivity index (χ1) is 14.2. The molecule has 0 bridgehead atoms. The molecule has 0 fully saturated rings. The molecule has 3 nitrogen and oxygen atoms in total. The van der Waals surface area contributed by atoms with E-state index in [1.165, 1.54) is 25.1 Å². The van der Waals surface area contributed by atoms with Gasteiger partial charge in [0.05, 0.1) is 16.8 Å². The molecule has 6 rings (SSSR count). The van der Waals surface area contributed by atoms with Crippen molar-refractivity contribution in [2.75, 3.05) is 0 Å². The van der Waals surface area contributed by atoms with Crippen molar-refractivity contribution in [3.63, 3.8) is 0 Å². The van der Waals surface area contributed by atoms with E-state index in [0.717, 1.165) is 34.1 Å². The number of fused-ring (bicyclic) bond motifs is 6. The molecule has 140 valence electrons. The highest BCUT2D eigenvalue weighted by atomic mass is 32.2. The summed E-state index contributed by atoms with van der Waals surface area (Å²) in [6.07, 6.45) is 1.54. The Morgan fingerprint density at radius 3 is 2.31 bits per heavy atom. The Hall–Kier alpha value is -2.76. The van der Waals surface area contributed by atoms with Crippen LogP contribution in [0.4, 0.5) is 0 Å². The first-order valence-corrected chi connectivity index (χ1v) is 11.1. The van der Waals surface area contributed by atoms with Crippen LogP contribution < -0.4 is 0 Å². The molecule has 0 radical (unpaired) electrons. The predicted molar refractivity (Wildman–Crippen MR) is 116 cm³/mol. The number of carboxylic acids is 1. The van der Waals surface area contributed by atoms with E-state index in [4.69, 9.17) is 4.98 Å². The van der Waals surface area contributed by atoms with Crippen molar-refractivity contribution in [3.05, 3.63) is 77.4 Å². The number of hydrogen-bond acceptors (Lipinski definition) is 4. The lowest BCUT2D eigenvalue weighted by atomic mass is 9.85. The SMILES string of the molecule is O=C(O)c1c2c(nc3ccccc13)-c1cc3c(cc1CC2)Sc1ccccc1S3. The molecule has 0 atom stereocenters. The number of nitrogens with zero attached hydrogens (tertiary/aromatic N) is 1. The molecule has 29 heavy (non-hydrogen) atoms. The van der Waals surface area contributed by atoms with Gasteiger partial charge in [-0.3, -0.25) is 0 Å². The molecule has 0 unspecified atom stereocenters. The van der Waals surface area contributed by atoms with Crippen molar-refractivity contribution in [3.8, 4) is 11.3 Å². The normalized spacial score (nSPS) is 13.9. The second-order valence-corrected chi connectivity index (χ2v) is 9.41. The molecule has 0 spiro atoms. The lowest BCUT2D eigenvalue weighted by Crippen LogP contribution is -2.13. The van der Waals surface area contributed by atoms with E-state index in [9.17, 15) is 9.90 Å². The zero-order chi connectivity index (χ0) is 19.5. The fraction of sp³-hybridized carbons (Fsp3) is 0.0833. The molecule has 5 heteroatoms. The van der Waals surface area contributed by atoms with Crippen LogP contribution in [0.5, 0.6) is 0 Å². The van der Waals surface area contributed by atoms with E-state index < -0.39 is 5.97 Å². The fourth-order valence-corrected chi connectivity index (χ4v) is 6.57. The Morgan fingerprint density at radius 2 is 1.55 bits per heavy atom. The Labute approximate surface area is 176 Å². The van der Waals surface area contributed by atoms with Gasteiger partial charge < -0.3 is 5.11 Å². The smallest absolute Gasteiger partial charge is 0.336 e. The number of carbonyl (C=O) groups is 1. The van der Waals surface area contributed by atoms with Gasteiger partial charge in [0.1, 0.15) is 0 Å². The van der Waals surface area contributed by atoms with Crippen LogP contribution in [0.2, 0.25) is 0 Å². The topological polar surface area (TPSA) is 50.2 Å². The quantitative estimate of drug-likeness (QED) is 0.349. The molecule has 0 saturated heterocycles. The summed E-state index contributed by atoms with van der Waals surface area (Å²) in [7, 11) is 0. The number of aryl methyl sites for hydroxylation is 1. The molecule has 3 aromatic carbocycles. The van der Waals surface area contributed by atoms with Crippen LogP contribution in [0.15, 0.2) is 80.2 Å². The van der Waals surface area contributed by atoms with Crippen molar-refractivity contribution < 1.29 is 9.90 Å². The van der Waals surface area contributed by atoms with Crippen LogP contribution in [0.3, 0.4) is 0 Å². The van der Waals surface area contributed by atoms with Gasteiger partial charge in [0.15, 0.2) is 0 Å². The van der Waals surface area contributed by atoms with Crippen LogP contribution in [0, 0.1) is 0 Å². The van der Waals surface area contributed by atoms with Crippen molar-refractivity contribution in [1.29, 1.82) is 0 Å². The summed E-state index contributed by atoms with van der Waals surface area (Å²) >= 11 is 3.59. The van der Waals surface area contributed by atoms with E-state index >= 15 is 0 Å². The van der Waals surface area contributed by atoms with Gasteiger partial charge in [-0.2, -0.15) is 0 Å². The summed E-state index contributed by atoms with van der Waals surface area (Å²) in [4.78, 5) is 22.1. The lowest BCUT2D eigenvalue weighted by Gasteiger charge is -2.25. The molecular weight excluding hydrogens is 398 g/mol. The van der Waals surface area contributed by atoms with Gasteiger partial charge in [0.25, 0.3) is 0 Å². The highest BCUT2D eigenvalue weighted by Gasteiger charge is 2.28. The van der Waals surface area contributed by atoms with E-state index in [1.807, 2.05) is 36.0 Å². The van der Waals surface area contributed by atoms with Crippen LogP contribution in [0.1, 0.15) is 21.5 Å². The number of aromatic carboxylic acids is 1. The minimum absolute atomic E-state index is 0.404. The molecule has 0 saturated carbocycles. The third kappa shape index (κ3) is 2.61. The molecular formula is C24H15NO2S2. The maximum Gasteiger partial charge on any atom is 0.336 e. The third-order valence-corrected chi connectivity index (χ3v) is 8.09. The van der Waals surface area contributed by atoms with Crippen LogP contribution >= 0.6 is 23.5 Å². The standard InChI is InChI=1S/C24H15NO2S2/c26-24(27)22-14-5-1-2-6-17(14)25-23-15(22)10-9-13-11-20-21(12-16(13)23)29-19-8-4-3-7-18(19)28-20/h1-8,11-12H,9-10H2,(H,26,27). The first kappa shape index (κ1) is 17.1. The van der Waals surface area contributed by atoms with E-state index in [1.54, 1.807) is 11.8 Å². The Bertz CT molecular complexity index is 1350. The molecule has 0 amide bonds. The van der Waals surface area contributed by atoms with Crippen molar-refractivity contribution >= 4 is 40.4 Å². The zero-order valence-electron chi connectivity index (χ0n) is 15.3. The Balaban J connectivity index is 1.59. The highest BCUT2D eigenvalue weighted by molar-refractivity contribution is 8.05. The van der Waals surface area contributed by atoms with Gasteiger partial charge in [-0.1, -0.05) is 53.9 Å². The summed E-state index contributed by atoms with van der Waals surface area (Å²) in [5.41, 5.74) is 5.16. The van der Waals surface area contributed by atoms with Gasteiger partial charge in [0.2, 0.25) is 0 Å². The first-order valence-electron chi connectivity index (χ1n) is 9.46. The molecule has 1 aliphatic heterocycles. The number of aromatic nitrogens is 1. The summed E-state index contributed by atoms with van der Waals surface area (Å²) in [6.45, 7) is 0. The van der Waals surface area contributed by atoms with Gasteiger partial charge >= 0.3 is 5.97 Å². The van der Waals surface area contributed by atoms with Crippen LogP contribution in [0.25, 0.3) is 22.2 Å². The van der Waals surface area contributed by atoms with Crippen LogP contribution in [-0.4, -0.2) is 16.1 Å². The Kier molecular flexibility index (Phi) is 3.76. The number of benzene rings is 3. The highest BCUT2D eigenvalue weighted by Crippen LogP contribution is 2.51. The van der Waals surface area contributed by atoms with Crippen molar-refractivity contribution in [2.45, 2.75) is 32.4 Å². The van der Waals surface area contributed by atoms with Gasteiger partial charge in [-0.25, -0.2) is 9.78 Å². The van der Waals surface area contributed by atoms with Crippen LogP contribution in [-0.2, 0) is 12.8 Å². The minimum Gasteiger partial charge on any atom is -0.478 e. The largest absolute Gasteiger partial charge is 0.478 e. The molecule has 4 aromatic rings. The van der Waals surface area contributed by atoms with Gasteiger partial charge in [-0.05, 0) is 54.3 Å². The average Bonchev–Trinajstić information content (AvgIpc) is 2.74. The number of rotatable bonds is 1. The fourth-order valence-electron chi connectivity index (χ4n) is 4.27. The van der Waals surface area contributed by atoms with E-state index in [-0.39, 0.29) is 0 Å². The molecule has 1 aliphatic carbocycles. The summed E-state index contributed by atoms with van der Waals surface area (Å²) in [5, 5.41) is 10.7. The van der Waals surface area contributed by atoms with Crippen molar-refractivity contribution in [2.24, 2.45) is 0 Å². The molecule has 1 aromatic heterocycles. The maximum atomic E-state index is 12.1. The summed E-state index contributed by atoms with van der Waals surface area (Å²) in [5.74, 6) is -0.875. The Morgan fingerprint density at radius 1 is 0.862 bits per heavy atom. The van der Waals surface area contributed by atoms with E-state index in [2.05, 4.69) is 36.4 Å². The molecule has 2 heterocycles. The number of carboxylic acid groups (broad SMARTS) is 1. The summed E-state index contributed by atoms with van der Waals surface area (Å²) in [6, 6.07) is 20.5. The predicted octanol–water partition coefficient (Wildman–Crippen LogP) is 6.31. The monoisotopic (exact) mass is 413 g/mol. The zero-order valence-corrected chi connectivity index (χ0v) is 16.9.